The van der Waals surface area contributed by atoms with Crippen molar-refractivity contribution in [2.75, 3.05) is 32.8 Å². The molecule has 2 amide bonds. The van der Waals surface area contributed by atoms with E-state index in [1.807, 2.05) is 0 Å². The Morgan fingerprint density at radius 2 is 1.82 bits per heavy atom. The first-order valence-electron chi connectivity index (χ1n) is 9.70. The summed E-state index contributed by atoms with van der Waals surface area (Å²) >= 11 is 0. The van der Waals surface area contributed by atoms with Crippen molar-refractivity contribution < 1.29 is 32.2 Å². The summed E-state index contributed by atoms with van der Waals surface area (Å²) < 4.78 is 51.1. The summed E-state index contributed by atoms with van der Waals surface area (Å²) in [5.41, 5.74) is 0.229. The predicted molar refractivity (Wildman–Crippen MR) is 91.7 cm³/mol. The predicted octanol–water partition coefficient (Wildman–Crippen LogP) is 2.37. The van der Waals surface area contributed by atoms with Crippen molar-refractivity contribution in [2.45, 2.75) is 44.1 Å². The average molecular weight is 400 g/mol. The fourth-order valence-electron chi connectivity index (χ4n) is 4.48. The number of alkyl halides is 3. The molecule has 0 bridgehead atoms. The first-order valence-corrected chi connectivity index (χ1v) is 9.70. The van der Waals surface area contributed by atoms with E-state index in [0.717, 1.165) is 19.3 Å². The smallest absolute Gasteiger partial charge is 0.342 e. The summed E-state index contributed by atoms with van der Waals surface area (Å²) in [5, 5.41) is 0. The van der Waals surface area contributed by atoms with Crippen LogP contribution < -0.4 is 0 Å². The van der Waals surface area contributed by atoms with E-state index in [1.165, 1.54) is 0 Å². The molecule has 3 heterocycles. The number of amides is 2. The number of halogens is 3. The first kappa shape index (κ1) is 19.4. The molecule has 3 fully saturated rings. The lowest BCUT2D eigenvalue weighted by Gasteiger charge is -2.36. The average Bonchev–Trinajstić information content (AvgIpc) is 2.90. The minimum Gasteiger partial charge on any atom is -0.342 e. The Bertz CT molecular complexity index is 719. The molecule has 0 saturated carbocycles. The molecule has 1 aliphatic carbocycles. The first-order chi connectivity index (χ1) is 13.3. The Labute approximate surface area is 160 Å². The Morgan fingerprint density at radius 3 is 2.46 bits per heavy atom. The molecule has 9 heteroatoms. The number of hydrogen-bond donors (Lipinski definition) is 0. The van der Waals surface area contributed by atoms with Gasteiger partial charge < -0.3 is 19.3 Å². The van der Waals surface area contributed by atoms with Crippen LogP contribution in [0.15, 0.2) is 23.4 Å². The van der Waals surface area contributed by atoms with Crippen LogP contribution in [-0.2, 0) is 19.1 Å². The van der Waals surface area contributed by atoms with Crippen molar-refractivity contribution in [2.24, 2.45) is 5.92 Å². The van der Waals surface area contributed by atoms with E-state index >= 15 is 0 Å². The van der Waals surface area contributed by atoms with Crippen molar-refractivity contribution in [1.82, 2.24) is 9.80 Å². The quantitative estimate of drug-likeness (QED) is 0.714. The fourth-order valence-corrected chi connectivity index (χ4v) is 4.48. The normalized spacial score (nSPS) is 27.5. The van der Waals surface area contributed by atoms with Crippen LogP contribution in [0.3, 0.4) is 0 Å². The van der Waals surface area contributed by atoms with E-state index in [2.05, 4.69) is 0 Å². The number of carbonyl (C=O) groups is 2. The molecule has 1 atom stereocenters. The minimum atomic E-state index is -4.60. The molecular weight excluding hydrogens is 377 g/mol. The molecule has 0 aromatic carbocycles. The number of fused-ring (bicyclic) bond motifs is 2. The van der Waals surface area contributed by atoms with Crippen LogP contribution in [0.1, 0.15) is 32.1 Å². The summed E-state index contributed by atoms with van der Waals surface area (Å²) in [6.45, 7) is 0.138. The number of hydrogen-bond acceptors (Lipinski definition) is 4. The zero-order valence-electron chi connectivity index (χ0n) is 15.5. The van der Waals surface area contributed by atoms with Gasteiger partial charge in [0, 0.05) is 18.8 Å². The maximum atomic E-state index is 13.3. The molecule has 1 spiro atoms. The number of nitrogens with zero attached hydrogens (tertiary/aromatic N) is 2. The molecule has 0 N–H and O–H groups in total. The molecular formula is C19H23F3N2O4. The van der Waals surface area contributed by atoms with E-state index < -0.39 is 30.3 Å². The van der Waals surface area contributed by atoms with Crippen molar-refractivity contribution >= 4 is 11.8 Å². The van der Waals surface area contributed by atoms with Crippen LogP contribution in [0, 0.1) is 5.92 Å². The van der Waals surface area contributed by atoms with Gasteiger partial charge in [0.25, 0.3) is 17.6 Å². The van der Waals surface area contributed by atoms with E-state index in [-0.39, 0.29) is 36.8 Å². The molecule has 0 radical (unpaired) electrons. The second kappa shape index (κ2) is 7.18. The van der Waals surface area contributed by atoms with Gasteiger partial charge in [0.2, 0.25) is 0 Å². The van der Waals surface area contributed by atoms with E-state index in [9.17, 15) is 22.8 Å². The van der Waals surface area contributed by atoms with E-state index in [4.69, 9.17) is 9.47 Å². The maximum absolute atomic E-state index is 13.3. The summed E-state index contributed by atoms with van der Waals surface area (Å²) in [6.07, 6.45) is 2.26. The number of allylic oxidation sites excluding steroid dienone is 1. The van der Waals surface area contributed by atoms with Crippen LogP contribution in [0.2, 0.25) is 0 Å². The lowest BCUT2D eigenvalue weighted by molar-refractivity contribution is -0.266. The standard InChI is InChI=1S/C19H23F3N2O4/c20-18(21,22)12-24-15-13(16(25)23-8-2-1-3-9-23)6-4-7-14(15)19(17(24)26)27-10-5-11-28-19/h4,6,14H,1-3,5,7-12H2. The molecule has 3 saturated heterocycles. The Balaban J connectivity index is 1.77. The molecule has 3 aliphatic heterocycles. The van der Waals surface area contributed by atoms with Crippen molar-refractivity contribution in [3.05, 3.63) is 23.4 Å². The Kier molecular flexibility index (Phi) is 4.99. The van der Waals surface area contributed by atoms with Crippen LogP contribution in [0.25, 0.3) is 0 Å². The highest BCUT2D eigenvalue weighted by molar-refractivity contribution is 6.00. The van der Waals surface area contributed by atoms with Crippen LogP contribution in [0.5, 0.6) is 0 Å². The molecule has 6 nitrogen and oxygen atoms in total. The molecule has 1 unspecified atom stereocenters. The largest absolute Gasteiger partial charge is 0.406 e. The molecule has 4 rings (SSSR count). The third kappa shape index (κ3) is 3.24. The Hall–Kier alpha value is -1.87. The van der Waals surface area contributed by atoms with Gasteiger partial charge in [-0.05, 0) is 32.1 Å². The highest BCUT2D eigenvalue weighted by Crippen LogP contribution is 2.48. The second-order valence-electron chi connectivity index (χ2n) is 7.57. The summed E-state index contributed by atoms with van der Waals surface area (Å²) in [5.74, 6) is -3.71. The minimum absolute atomic E-state index is 0.0855. The van der Waals surface area contributed by atoms with Gasteiger partial charge in [0.1, 0.15) is 6.54 Å². The van der Waals surface area contributed by atoms with Gasteiger partial charge in [-0.3, -0.25) is 9.59 Å². The molecule has 28 heavy (non-hydrogen) atoms. The second-order valence-corrected chi connectivity index (χ2v) is 7.57. The zero-order valence-corrected chi connectivity index (χ0v) is 15.5. The third-order valence-electron chi connectivity index (χ3n) is 5.69. The Morgan fingerprint density at radius 1 is 1.14 bits per heavy atom. The number of carbonyl (C=O) groups excluding carboxylic acids is 2. The molecule has 154 valence electrons. The zero-order chi connectivity index (χ0) is 19.9. The number of piperidine rings is 1. The molecule has 0 aromatic heterocycles. The van der Waals surface area contributed by atoms with Gasteiger partial charge in [-0.15, -0.1) is 0 Å². The SMILES string of the molecule is O=C(C1=C2C(CC=C1)C1(OCCCO1)C(=O)N2CC(F)(F)F)N1CCCCC1. The van der Waals surface area contributed by atoms with Gasteiger partial charge in [0.05, 0.1) is 24.7 Å². The number of rotatable bonds is 2. The van der Waals surface area contributed by atoms with Gasteiger partial charge in [-0.1, -0.05) is 12.2 Å². The lowest BCUT2D eigenvalue weighted by Crippen LogP contribution is -2.52. The van der Waals surface area contributed by atoms with Crippen LogP contribution in [0.4, 0.5) is 13.2 Å². The van der Waals surface area contributed by atoms with E-state index in [0.29, 0.717) is 24.4 Å². The molecule has 0 aromatic rings. The van der Waals surface area contributed by atoms with Gasteiger partial charge >= 0.3 is 6.18 Å². The topological polar surface area (TPSA) is 59.1 Å². The molecule has 4 aliphatic rings. The number of likely N-dealkylation sites (tertiary alicyclic amines) is 2. The van der Waals surface area contributed by atoms with Gasteiger partial charge in [0.15, 0.2) is 0 Å². The highest BCUT2D eigenvalue weighted by atomic mass is 19.4. The maximum Gasteiger partial charge on any atom is 0.406 e. The highest BCUT2D eigenvalue weighted by Gasteiger charge is 2.62. The van der Waals surface area contributed by atoms with Crippen molar-refractivity contribution in [3.63, 3.8) is 0 Å². The van der Waals surface area contributed by atoms with Crippen LogP contribution in [-0.4, -0.2) is 66.4 Å². The van der Waals surface area contributed by atoms with Crippen molar-refractivity contribution in [1.29, 1.82) is 0 Å². The van der Waals surface area contributed by atoms with Crippen molar-refractivity contribution in [3.8, 4) is 0 Å². The third-order valence-corrected chi connectivity index (χ3v) is 5.69. The van der Waals surface area contributed by atoms with E-state index in [1.54, 1.807) is 17.1 Å². The fraction of sp³-hybridized carbons (Fsp3) is 0.684. The number of ether oxygens (including phenoxy) is 2. The summed E-state index contributed by atoms with van der Waals surface area (Å²) in [6, 6.07) is 0. The lowest BCUT2D eigenvalue weighted by atomic mass is 9.87. The monoisotopic (exact) mass is 400 g/mol. The summed E-state index contributed by atoms with van der Waals surface area (Å²) in [4.78, 5) is 28.5. The van der Waals surface area contributed by atoms with Gasteiger partial charge in [-0.25, -0.2) is 0 Å². The van der Waals surface area contributed by atoms with Gasteiger partial charge in [-0.2, -0.15) is 13.2 Å². The van der Waals surface area contributed by atoms with Crippen LogP contribution >= 0.6 is 0 Å². The summed E-state index contributed by atoms with van der Waals surface area (Å²) in [7, 11) is 0.